The quantitative estimate of drug-likeness (QED) is 0.345. The molecule has 3 heterocycles. The van der Waals surface area contributed by atoms with Crippen LogP contribution in [0.1, 0.15) is 23.3 Å². The van der Waals surface area contributed by atoms with Gasteiger partial charge in [0.2, 0.25) is 5.91 Å². The molecule has 1 fully saturated rings. The van der Waals surface area contributed by atoms with Crippen molar-refractivity contribution in [2.24, 2.45) is 7.05 Å². The van der Waals surface area contributed by atoms with E-state index in [1.54, 1.807) is 36.6 Å². The van der Waals surface area contributed by atoms with Crippen LogP contribution in [0.15, 0.2) is 29.9 Å². The third-order valence-electron chi connectivity index (χ3n) is 5.66. The number of hydrogen-bond acceptors (Lipinski definition) is 8. The van der Waals surface area contributed by atoms with E-state index < -0.39 is 17.3 Å². The first kappa shape index (κ1) is 22.8. The highest BCUT2D eigenvalue weighted by atomic mass is 32.1. The van der Waals surface area contributed by atoms with E-state index in [4.69, 9.17) is 5.73 Å². The van der Waals surface area contributed by atoms with Gasteiger partial charge in [-0.15, -0.1) is 11.3 Å². The number of piperidine rings is 1. The highest BCUT2D eigenvalue weighted by molar-refractivity contribution is 7.13. The molecule has 12 heteroatoms. The predicted molar refractivity (Wildman–Crippen MR) is 126 cm³/mol. The number of aryl methyl sites for hydroxylation is 1. The molecule has 2 aromatic heterocycles. The molecule has 0 radical (unpaired) electrons. The van der Waals surface area contributed by atoms with E-state index >= 15 is 0 Å². The third kappa shape index (κ3) is 4.72. The molecule has 6 N–H and O–H groups in total. The second-order valence-corrected chi connectivity index (χ2v) is 8.71. The minimum Gasteiger partial charge on any atom is -0.399 e. The molecule has 0 spiro atoms. The van der Waals surface area contributed by atoms with Gasteiger partial charge in [-0.1, -0.05) is 0 Å². The van der Waals surface area contributed by atoms with E-state index in [0.717, 1.165) is 11.6 Å². The van der Waals surface area contributed by atoms with Crippen LogP contribution in [0.25, 0.3) is 10.6 Å². The van der Waals surface area contributed by atoms with Gasteiger partial charge in [-0.2, -0.15) is 5.10 Å². The lowest BCUT2D eigenvalue weighted by Gasteiger charge is -2.36. The van der Waals surface area contributed by atoms with E-state index in [0.29, 0.717) is 30.9 Å². The molecule has 0 atom stereocenters. The number of rotatable bonds is 6. The molecule has 0 aliphatic carbocycles. The SMILES string of the molecule is CNC1(C(=O)Nc2c(F)cc(N)cc2NC(=O)c2csc(-c3cnn(C)c3)n2)CCNCC1. The number of amides is 2. The summed E-state index contributed by atoms with van der Waals surface area (Å²) in [5.41, 5.74) is 5.93. The average molecular weight is 473 g/mol. The molecular formula is C21H25FN8O2S. The number of benzene rings is 1. The number of halogens is 1. The second kappa shape index (κ2) is 9.25. The van der Waals surface area contributed by atoms with E-state index in [1.807, 2.05) is 0 Å². The van der Waals surface area contributed by atoms with Crippen molar-refractivity contribution in [1.29, 1.82) is 0 Å². The van der Waals surface area contributed by atoms with Gasteiger partial charge in [0.15, 0.2) is 5.82 Å². The van der Waals surface area contributed by atoms with Gasteiger partial charge < -0.3 is 27.0 Å². The number of nitrogens with two attached hydrogens (primary N) is 1. The Balaban J connectivity index is 1.57. The molecule has 0 saturated carbocycles. The number of anilines is 3. The molecule has 33 heavy (non-hydrogen) atoms. The molecule has 0 bridgehead atoms. The molecular weight excluding hydrogens is 447 g/mol. The molecule has 1 aromatic carbocycles. The molecule has 174 valence electrons. The molecule has 10 nitrogen and oxygen atoms in total. The Morgan fingerprint density at radius 3 is 2.70 bits per heavy atom. The summed E-state index contributed by atoms with van der Waals surface area (Å²) in [6, 6.07) is 2.50. The van der Waals surface area contributed by atoms with Gasteiger partial charge in [-0.3, -0.25) is 14.3 Å². The van der Waals surface area contributed by atoms with Crippen molar-refractivity contribution in [1.82, 2.24) is 25.4 Å². The van der Waals surface area contributed by atoms with Crippen molar-refractivity contribution < 1.29 is 14.0 Å². The Hall–Kier alpha value is -3.35. The summed E-state index contributed by atoms with van der Waals surface area (Å²) in [4.78, 5) is 30.3. The van der Waals surface area contributed by atoms with Gasteiger partial charge >= 0.3 is 0 Å². The Labute approximate surface area is 193 Å². The summed E-state index contributed by atoms with van der Waals surface area (Å²) in [6.45, 7) is 1.32. The van der Waals surface area contributed by atoms with Crippen LogP contribution in [0.5, 0.6) is 0 Å². The molecule has 3 aromatic rings. The lowest BCUT2D eigenvalue weighted by Crippen LogP contribution is -2.58. The fourth-order valence-corrected chi connectivity index (χ4v) is 4.53. The highest BCUT2D eigenvalue weighted by Crippen LogP contribution is 2.31. The van der Waals surface area contributed by atoms with Crippen LogP contribution >= 0.6 is 11.3 Å². The van der Waals surface area contributed by atoms with Crippen LogP contribution in [0.4, 0.5) is 21.5 Å². The maximum absolute atomic E-state index is 14.8. The number of likely N-dealkylation sites (N-methyl/N-ethyl adjacent to an activating group) is 1. The predicted octanol–water partition coefficient (Wildman–Crippen LogP) is 1.80. The summed E-state index contributed by atoms with van der Waals surface area (Å²) in [5, 5.41) is 17.9. The van der Waals surface area contributed by atoms with Gasteiger partial charge in [0, 0.05) is 29.9 Å². The van der Waals surface area contributed by atoms with E-state index in [1.165, 1.54) is 17.4 Å². The Kier molecular flexibility index (Phi) is 6.40. The van der Waals surface area contributed by atoms with Crippen molar-refractivity contribution in [3.05, 3.63) is 41.4 Å². The molecule has 1 aliphatic heterocycles. The van der Waals surface area contributed by atoms with Crippen LogP contribution in [-0.4, -0.2) is 52.3 Å². The van der Waals surface area contributed by atoms with E-state index in [2.05, 4.69) is 31.3 Å². The third-order valence-corrected chi connectivity index (χ3v) is 6.55. The first-order valence-electron chi connectivity index (χ1n) is 10.4. The van der Waals surface area contributed by atoms with Gasteiger partial charge in [0.05, 0.1) is 11.9 Å². The number of thiazole rings is 1. The summed E-state index contributed by atoms with van der Waals surface area (Å²) >= 11 is 1.29. The lowest BCUT2D eigenvalue weighted by atomic mass is 9.87. The molecule has 2 amide bonds. The van der Waals surface area contributed by atoms with Gasteiger partial charge in [0.25, 0.3) is 5.91 Å². The Morgan fingerprint density at radius 2 is 2.03 bits per heavy atom. The van der Waals surface area contributed by atoms with Gasteiger partial charge in [0.1, 0.15) is 21.9 Å². The number of carbonyl (C=O) groups excluding carboxylic acids is 2. The Bertz CT molecular complexity index is 1180. The van der Waals surface area contributed by atoms with Gasteiger partial charge in [-0.25, -0.2) is 9.37 Å². The molecule has 1 aliphatic rings. The summed E-state index contributed by atoms with van der Waals surface area (Å²) in [6.07, 6.45) is 4.53. The van der Waals surface area contributed by atoms with Crippen molar-refractivity contribution >= 4 is 40.2 Å². The number of nitrogens with zero attached hydrogens (tertiary/aromatic N) is 3. The minimum absolute atomic E-state index is 0.0574. The van der Waals surface area contributed by atoms with Crippen molar-refractivity contribution in [2.45, 2.75) is 18.4 Å². The minimum atomic E-state index is -0.839. The first-order valence-corrected chi connectivity index (χ1v) is 11.3. The maximum atomic E-state index is 14.8. The average Bonchev–Trinajstić information content (AvgIpc) is 3.45. The smallest absolute Gasteiger partial charge is 0.275 e. The Morgan fingerprint density at radius 1 is 1.27 bits per heavy atom. The summed E-state index contributed by atoms with van der Waals surface area (Å²) in [5.74, 6) is -1.67. The molecule has 1 saturated heterocycles. The fraction of sp³-hybridized carbons (Fsp3) is 0.333. The van der Waals surface area contributed by atoms with E-state index in [-0.39, 0.29) is 28.7 Å². The summed E-state index contributed by atoms with van der Waals surface area (Å²) in [7, 11) is 3.49. The molecule has 4 rings (SSSR count). The monoisotopic (exact) mass is 472 g/mol. The fourth-order valence-electron chi connectivity index (χ4n) is 3.76. The lowest BCUT2D eigenvalue weighted by molar-refractivity contribution is -0.123. The maximum Gasteiger partial charge on any atom is 0.275 e. The zero-order valence-corrected chi connectivity index (χ0v) is 19.1. The van der Waals surface area contributed by atoms with E-state index in [9.17, 15) is 14.0 Å². The van der Waals surface area contributed by atoms with Crippen LogP contribution in [-0.2, 0) is 11.8 Å². The molecule has 0 unspecified atom stereocenters. The zero-order chi connectivity index (χ0) is 23.6. The van der Waals surface area contributed by atoms with Crippen LogP contribution < -0.4 is 27.0 Å². The standard InChI is InChI=1S/C21H25FN8O2S/c1-24-21(3-5-25-6-4-21)20(32)29-17-14(22)7-13(23)8-15(17)27-18(31)16-11-33-19(28-16)12-9-26-30(2)10-12/h7-11,24-25H,3-6,23H2,1-2H3,(H,27,31)(H,29,32). The van der Waals surface area contributed by atoms with Crippen molar-refractivity contribution in [2.75, 3.05) is 36.5 Å². The second-order valence-electron chi connectivity index (χ2n) is 7.86. The van der Waals surface area contributed by atoms with Crippen molar-refractivity contribution in [3.63, 3.8) is 0 Å². The number of nitrogen functional groups attached to an aromatic ring is 1. The number of carbonyl (C=O) groups is 2. The van der Waals surface area contributed by atoms with Gasteiger partial charge in [-0.05, 0) is 45.1 Å². The van der Waals surface area contributed by atoms with Crippen LogP contribution in [0.2, 0.25) is 0 Å². The van der Waals surface area contributed by atoms with Crippen LogP contribution in [0, 0.1) is 5.82 Å². The summed E-state index contributed by atoms with van der Waals surface area (Å²) < 4.78 is 16.5. The number of nitrogens with one attached hydrogen (secondary N) is 4. The number of aromatic nitrogens is 3. The largest absolute Gasteiger partial charge is 0.399 e. The normalized spacial score (nSPS) is 15.2. The zero-order valence-electron chi connectivity index (χ0n) is 18.2. The number of hydrogen-bond donors (Lipinski definition) is 5. The van der Waals surface area contributed by atoms with Crippen LogP contribution in [0.3, 0.4) is 0 Å². The first-order chi connectivity index (χ1) is 15.8. The topological polar surface area (TPSA) is 139 Å². The van der Waals surface area contributed by atoms with Crippen molar-refractivity contribution in [3.8, 4) is 10.6 Å². The highest BCUT2D eigenvalue weighted by Gasteiger charge is 2.38.